The maximum absolute atomic E-state index is 13.0. The molecule has 0 aromatic heterocycles. The van der Waals surface area contributed by atoms with Crippen molar-refractivity contribution in [1.29, 1.82) is 0 Å². The quantitative estimate of drug-likeness (QED) is 0.465. The van der Waals surface area contributed by atoms with Gasteiger partial charge < -0.3 is 15.4 Å². The molecule has 4 rings (SSSR count). The number of halogens is 1. The molecule has 0 atom stereocenters. The standard InChI is InChI=1S/C26H22ClN3O4/c1-3-34-21-11-7-5-9-19(21)29-24(31)17-12-14-18(15-13-17)28-23-22(27)25(32)30(26(23)33)20-10-6-4-8-16(20)2/h4-15,28H,3H2,1-2H3,(H,29,31). The minimum Gasteiger partial charge on any atom is -0.492 e. The number of aryl methyl sites for hydroxylation is 1. The van der Waals surface area contributed by atoms with Gasteiger partial charge in [0, 0.05) is 11.3 Å². The van der Waals surface area contributed by atoms with E-state index in [0.717, 1.165) is 10.5 Å². The Morgan fingerprint density at radius 1 is 0.941 bits per heavy atom. The van der Waals surface area contributed by atoms with E-state index in [1.54, 1.807) is 48.5 Å². The molecule has 3 aromatic rings. The van der Waals surface area contributed by atoms with Gasteiger partial charge in [0.15, 0.2) is 0 Å². The van der Waals surface area contributed by atoms with Crippen molar-refractivity contribution in [1.82, 2.24) is 0 Å². The molecule has 0 unspecified atom stereocenters. The number of nitrogens with zero attached hydrogens (tertiary/aromatic N) is 1. The highest BCUT2D eigenvalue weighted by Crippen LogP contribution is 2.32. The van der Waals surface area contributed by atoms with Gasteiger partial charge in [0.1, 0.15) is 16.5 Å². The molecule has 0 bridgehead atoms. The predicted octanol–water partition coefficient (Wildman–Crippen LogP) is 5.08. The number of nitrogens with one attached hydrogen (secondary N) is 2. The van der Waals surface area contributed by atoms with Gasteiger partial charge in [-0.2, -0.15) is 0 Å². The third-order valence-electron chi connectivity index (χ3n) is 5.24. The Morgan fingerprint density at radius 2 is 1.62 bits per heavy atom. The van der Waals surface area contributed by atoms with Gasteiger partial charge >= 0.3 is 0 Å². The third-order valence-corrected chi connectivity index (χ3v) is 5.59. The number of hydrogen-bond donors (Lipinski definition) is 2. The highest BCUT2D eigenvalue weighted by atomic mass is 35.5. The summed E-state index contributed by atoms with van der Waals surface area (Å²) in [5.41, 5.74) is 2.72. The Labute approximate surface area is 202 Å². The first-order valence-electron chi connectivity index (χ1n) is 10.6. The number of benzene rings is 3. The van der Waals surface area contributed by atoms with E-state index in [0.29, 0.717) is 35.0 Å². The van der Waals surface area contributed by atoms with Gasteiger partial charge in [-0.1, -0.05) is 41.9 Å². The highest BCUT2D eigenvalue weighted by Gasteiger charge is 2.39. The molecule has 0 aliphatic carbocycles. The summed E-state index contributed by atoms with van der Waals surface area (Å²) in [6.07, 6.45) is 0. The summed E-state index contributed by atoms with van der Waals surface area (Å²) >= 11 is 6.21. The molecule has 8 heteroatoms. The second-order valence-corrected chi connectivity index (χ2v) is 7.88. The van der Waals surface area contributed by atoms with Crippen LogP contribution in [0.25, 0.3) is 0 Å². The molecule has 1 aliphatic rings. The lowest BCUT2D eigenvalue weighted by molar-refractivity contribution is -0.120. The van der Waals surface area contributed by atoms with Crippen LogP contribution in [0.3, 0.4) is 0 Å². The normalized spacial score (nSPS) is 13.3. The molecule has 34 heavy (non-hydrogen) atoms. The van der Waals surface area contributed by atoms with Crippen LogP contribution in [0.15, 0.2) is 83.5 Å². The number of amides is 3. The summed E-state index contributed by atoms with van der Waals surface area (Å²) in [5, 5.41) is 5.56. The van der Waals surface area contributed by atoms with Crippen LogP contribution in [-0.2, 0) is 9.59 Å². The van der Waals surface area contributed by atoms with Gasteiger partial charge in [-0.25, -0.2) is 4.90 Å². The first-order chi connectivity index (χ1) is 16.4. The Bertz CT molecular complexity index is 1300. The van der Waals surface area contributed by atoms with Gasteiger partial charge in [-0.3, -0.25) is 14.4 Å². The smallest absolute Gasteiger partial charge is 0.283 e. The fourth-order valence-corrected chi connectivity index (χ4v) is 3.75. The van der Waals surface area contributed by atoms with E-state index in [1.165, 1.54) is 0 Å². The molecule has 0 saturated heterocycles. The van der Waals surface area contributed by atoms with Crippen molar-refractivity contribution in [3.8, 4) is 5.75 Å². The lowest BCUT2D eigenvalue weighted by Gasteiger charge is -2.17. The Balaban J connectivity index is 1.49. The van der Waals surface area contributed by atoms with Crippen LogP contribution in [-0.4, -0.2) is 24.3 Å². The Morgan fingerprint density at radius 3 is 2.32 bits per heavy atom. The molecular weight excluding hydrogens is 454 g/mol. The minimum atomic E-state index is -0.590. The molecule has 0 saturated carbocycles. The number of para-hydroxylation sites is 3. The molecule has 3 amide bonds. The second kappa shape index (κ2) is 9.80. The van der Waals surface area contributed by atoms with Crippen LogP contribution in [0.5, 0.6) is 5.75 Å². The van der Waals surface area contributed by atoms with Crippen LogP contribution in [0.2, 0.25) is 0 Å². The third kappa shape index (κ3) is 4.51. The fraction of sp³-hybridized carbons (Fsp3) is 0.115. The van der Waals surface area contributed by atoms with E-state index in [4.69, 9.17) is 16.3 Å². The summed E-state index contributed by atoms with van der Waals surface area (Å²) in [5.74, 6) is -0.860. The van der Waals surface area contributed by atoms with Gasteiger partial charge in [-0.05, 0) is 61.9 Å². The van der Waals surface area contributed by atoms with E-state index in [1.807, 2.05) is 38.1 Å². The lowest BCUT2D eigenvalue weighted by Crippen LogP contribution is -2.32. The van der Waals surface area contributed by atoms with Gasteiger partial charge in [0.25, 0.3) is 17.7 Å². The molecule has 7 nitrogen and oxygen atoms in total. The predicted molar refractivity (Wildman–Crippen MR) is 132 cm³/mol. The Kier molecular flexibility index (Phi) is 6.65. The molecule has 0 fully saturated rings. The van der Waals surface area contributed by atoms with E-state index in [2.05, 4.69) is 10.6 Å². The maximum Gasteiger partial charge on any atom is 0.283 e. The number of anilines is 3. The zero-order valence-electron chi connectivity index (χ0n) is 18.6. The number of hydrogen-bond acceptors (Lipinski definition) is 5. The monoisotopic (exact) mass is 475 g/mol. The molecular formula is C26H22ClN3O4. The van der Waals surface area contributed by atoms with Crippen LogP contribution >= 0.6 is 11.6 Å². The first-order valence-corrected chi connectivity index (χ1v) is 11.0. The van der Waals surface area contributed by atoms with Gasteiger partial charge in [-0.15, -0.1) is 0 Å². The van der Waals surface area contributed by atoms with Crippen molar-refractivity contribution >= 4 is 46.4 Å². The van der Waals surface area contributed by atoms with Crippen LogP contribution in [0, 0.1) is 6.92 Å². The number of imide groups is 1. The topological polar surface area (TPSA) is 87.7 Å². The summed E-state index contributed by atoms with van der Waals surface area (Å²) in [4.78, 5) is 39.4. The number of carbonyl (C=O) groups excluding carboxylic acids is 3. The van der Waals surface area contributed by atoms with Crippen molar-refractivity contribution in [2.24, 2.45) is 0 Å². The van der Waals surface area contributed by atoms with E-state index >= 15 is 0 Å². The molecule has 172 valence electrons. The van der Waals surface area contributed by atoms with Crippen LogP contribution < -0.4 is 20.3 Å². The van der Waals surface area contributed by atoms with Crippen LogP contribution in [0.4, 0.5) is 17.1 Å². The van der Waals surface area contributed by atoms with Crippen molar-refractivity contribution < 1.29 is 19.1 Å². The minimum absolute atomic E-state index is 0.0160. The lowest BCUT2D eigenvalue weighted by atomic mass is 10.1. The first kappa shape index (κ1) is 23.1. The van der Waals surface area contributed by atoms with Gasteiger partial charge in [0.05, 0.1) is 18.0 Å². The molecule has 0 spiro atoms. The SMILES string of the molecule is CCOc1ccccc1NC(=O)c1ccc(NC2=C(Cl)C(=O)N(c3ccccc3C)C2=O)cc1. The molecule has 0 radical (unpaired) electrons. The van der Waals surface area contributed by atoms with Crippen molar-refractivity contribution in [2.45, 2.75) is 13.8 Å². The Hall–Kier alpha value is -4.10. The molecule has 1 heterocycles. The average Bonchev–Trinajstić information content (AvgIpc) is 3.04. The van der Waals surface area contributed by atoms with Crippen molar-refractivity contribution in [2.75, 3.05) is 22.1 Å². The van der Waals surface area contributed by atoms with Crippen LogP contribution in [0.1, 0.15) is 22.8 Å². The summed E-state index contributed by atoms with van der Waals surface area (Å²) < 4.78 is 5.54. The van der Waals surface area contributed by atoms with Crippen molar-refractivity contribution in [3.63, 3.8) is 0 Å². The average molecular weight is 476 g/mol. The van der Waals surface area contributed by atoms with E-state index in [-0.39, 0.29) is 16.6 Å². The molecule has 1 aliphatic heterocycles. The van der Waals surface area contributed by atoms with Gasteiger partial charge in [0.2, 0.25) is 0 Å². The number of carbonyl (C=O) groups is 3. The second-order valence-electron chi connectivity index (χ2n) is 7.51. The number of rotatable bonds is 7. The van der Waals surface area contributed by atoms with E-state index < -0.39 is 11.8 Å². The zero-order chi connectivity index (χ0) is 24.2. The number of ether oxygens (including phenoxy) is 1. The van der Waals surface area contributed by atoms with Crippen molar-refractivity contribution in [3.05, 3.63) is 94.7 Å². The molecule has 2 N–H and O–H groups in total. The summed E-state index contributed by atoms with van der Waals surface area (Å²) in [7, 11) is 0. The summed E-state index contributed by atoms with van der Waals surface area (Å²) in [6.45, 7) is 4.16. The highest BCUT2D eigenvalue weighted by molar-refractivity contribution is 6.53. The fourth-order valence-electron chi connectivity index (χ4n) is 3.54. The largest absolute Gasteiger partial charge is 0.492 e. The summed E-state index contributed by atoms with van der Waals surface area (Å²) in [6, 6.07) is 20.7. The maximum atomic E-state index is 13.0. The zero-order valence-corrected chi connectivity index (χ0v) is 19.3. The molecule has 3 aromatic carbocycles. The van der Waals surface area contributed by atoms with E-state index in [9.17, 15) is 14.4 Å².